The van der Waals surface area contributed by atoms with E-state index in [4.69, 9.17) is 11.6 Å². The highest BCUT2D eigenvalue weighted by Gasteiger charge is 1.97. The maximum Gasteiger partial charge on any atom is 0.151 e. The fourth-order valence-corrected chi connectivity index (χ4v) is 1.80. The van der Waals surface area contributed by atoms with Crippen LogP contribution in [0.3, 0.4) is 0 Å². The van der Waals surface area contributed by atoms with Gasteiger partial charge in [-0.15, -0.1) is 0 Å². The second-order valence-corrected chi connectivity index (χ2v) is 4.85. The molecule has 0 bridgehead atoms. The zero-order valence-corrected chi connectivity index (χ0v) is 11.9. The number of rotatable bonds is 3. The van der Waals surface area contributed by atoms with Gasteiger partial charge < -0.3 is 0 Å². The zero-order valence-electron chi connectivity index (χ0n) is 9.56. The van der Waals surface area contributed by atoms with Gasteiger partial charge in [0, 0.05) is 10.5 Å². The Morgan fingerprint density at radius 1 is 1.28 bits per heavy atom. The summed E-state index contributed by atoms with van der Waals surface area (Å²) in [5, 5.41) is 4.48. The third-order valence-corrected chi connectivity index (χ3v) is 2.79. The van der Waals surface area contributed by atoms with Crippen LogP contribution in [0, 0.1) is 6.92 Å². The molecule has 18 heavy (non-hydrogen) atoms. The fourth-order valence-electron chi connectivity index (χ4n) is 1.31. The first-order valence-corrected chi connectivity index (χ1v) is 6.36. The molecule has 0 atom stereocenters. The topological polar surface area (TPSA) is 50.2 Å². The lowest BCUT2D eigenvalue weighted by Crippen LogP contribution is -1.97. The van der Waals surface area contributed by atoms with Gasteiger partial charge in [0.2, 0.25) is 0 Å². The SMILES string of the molecule is Cc1nc(Cl)cc(N/N=C/c2ccc(Br)cc2)n1. The number of hydrazone groups is 1. The van der Waals surface area contributed by atoms with Crippen molar-refractivity contribution in [2.45, 2.75) is 6.92 Å². The summed E-state index contributed by atoms with van der Waals surface area (Å²) >= 11 is 9.19. The van der Waals surface area contributed by atoms with Crippen molar-refractivity contribution in [3.8, 4) is 0 Å². The molecular weight excluding hydrogens is 316 g/mol. The van der Waals surface area contributed by atoms with Gasteiger partial charge in [0.15, 0.2) is 5.82 Å². The van der Waals surface area contributed by atoms with Gasteiger partial charge >= 0.3 is 0 Å². The standard InChI is InChI=1S/C12H10BrClN4/c1-8-16-11(14)6-12(17-8)18-15-7-9-2-4-10(13)5-3-9/h2-7H,1H3,(H,16,17,18)/b15-7+. The summed E-state index contributed by atoms with van der Waals surface area (Å²) in [6.45, 7) is 1.77. The third-order valence-electron chi connectivity index (χ3n) is 2.07. The van der Waals surface area contributed by atoms with Crippen molar-refractivity contribution in [2.75, 3.05) is 5.43 Å². The van der Waals surface area contributed by atoms with Gasteiger partial charge in [-0.25, -0.2) is 9.97 Å². The Morgan fingerprint density at radius 2 is 2.00 bits per heavy atom. The molecule has 1 N–H and O–H groups in total. The molecule has 1 aromatic carbocycles. The summed E-state index contributed by atoms with van der Waals surface area (Å²) < 4.78 is 1.03. The van der Waals surface area contributed by atoms with Gasteiger partial charge in [0.25, 0.3) is 0 Å². The van der Waals surface area contributed by atoms with Crippen molar-refractivity contribution >= 4 is 39.6 Å². The molecule has 92 valence electrons. The first-order valence-electron chi connectivity index (χ1n) is 5.19. The summed E-state index contributed by atoms with van der Waals surface area (Å²) in [4.78, 5) is 8.12. The van der Waals surface area contributed by atoms with E-state index in [0.29, 0.717) is 16.8 Å². The fraction of sp³-hybridized carbons (Fsp3) is 0.0833. The monoisotopic (exact) mass is 324 g/mol. The van der Waals surface area contributed by atoms with E-state index in [-0.39, 0.29) is 0 Å². The van der Waals surface area contributed by atoms with E-state index in [1.807, 2.05) is 24.3 Å². The third kappa shape index (κ3) is 3.78. The second-order valence-electron chi connectivity index (χ2n) is 3.54. The molecular formula is C12H10BrClN4. The molecule has 0 radical (unpaired) electrons. The highest BCUT2D eigenvalue weighted by molar-refractivity contribution is 9.10. The Labute approximate surface area is 118 Å². The largest absolute Gasteiger partial charge is 0.261 e. The van der Waals surface area contributed by atoms with E-state index in [0.717, 1.165) is 10.0 Å². The average Bonchev–Trinajstić information content (AvgIpc) is 2.30. The van der Waals surface area contributed by atoms with Gasteiger partial charge in [-0.05, 0) is 24.6 Å². The Morgan fingerprint density at radius 3 is 2.67 bits per heavy atom. The molecule has 6 heteroatoms. The van der Waals surface area contributed by atoms with Crippen molar-refractivity contribution in [3.63, 3.8) is 0 Å². The quantitative estimate of drug-likeness (QED) is 0.532. The normalized spacial score (nSPS) is 10.8. The van der Waals surface area contributed by atoms with Crippen molar-refractivity contribution in [2.24, 2.45) is 5.10 Å². The van der Waals surface area contributed by atoms with Gasteiger partial charge in [0.1, 0.15) is 11.0 Å². The number of nitrogens with zero attached hydrogens (tertiary/aromatic N) is 3. The van der Waals surface area contributed by atoms with Crippen LogP contribution in [0.5, 0.6) is 0 Å². The molecule has 0 aliphatic rings. The molecule has 2 rings (SSSR count). The number of nitrogens with one attached hydrogen (secondary N) is 1. The Balaban J connectivity index is 2.04. The van der Waals surface area contributed by atoms with Crippen LogP contribution in [0.4, 0.5) is 5.82 Å². The van der Waals surface area contributed by atoms with Crippen LogP contribution < -0.4 is 5.43 Å². The molecule has 0 spiro atoms. The number of hydrogen-bond donors (Lipinski definition) is 1. The predicted octanol–water partition coefficient (Wildman–Crippen LogP) is 3.65. The molecule has 0 aliphatic carbocycles. The van der Waals surface area contributed by atoms with Gasteiger partial charge in [-0.3, -0.25) is 5.43 Å². The lowest BCUT2D eigenvalue weighted by Gasteiger charge is -2.00. The molecule has 0 fully saturated rings. The van der Waals surface area contributed by atoms with Crippen molar-refractivity contribution < 1.29 is 0 Å². The van der Waals surface area contributed by atoms with E-state index in [1.54, 1.807) is 19.2 Å². The number of halogens is 2. The van der Waals surface area contributed by atoms with Crippen LogP contribution >= 0.6 is 27.5 Å². The molecule has 0 saturated carbocycles. The van der Waals surface area contributed by atoms with Crippen LogP contribution in [-0.2, 0) is 0 Å². The van der Waals surface area contributed by atoms with Crippen LogP contribution in [0.15, 0.2) is 39.9 Å². The summed E-state index contributed by atoms with van der Waals surface area (Å²) in [7, 11) is 0. The highest BCUT2D eigenvalue weighted by atomic mass is 79.9. The Bertz CT molecular complexity index is 549. The predicted molar refractivity (Wildman–Crippen MR) is 77.1 cm³/mol. The first kappa shape index (κ1) is 13.0. The molecule has 0 unspecified atom stereocenters. The summed E-state index contributed by atoms with van der Waals surface area (Å²) in [6, 6.07) is 9.43. The van der Waals surface area contributed by atoms with Gasteiger partial charge in [0.05, 0.1) is 6.21 Å². The maximum absolute atomic E-state index is 5.82. The van der Waals surface area contributed by atoms with E-state index in [2.05, 4.69) is 36.4 Å². The smallest absolute Gasteiger partial charge is 0.151 e. The van der Waals surface area contributed by atoms with Crippen molar-refractivity contribution in [3.05, 3.63) is 51.3 Å². The minimum Gasteiger partial charge on any atom is -0.261 e. The number of aromatic nitrogens is 2. The Hall–Kier alpha value is -1.46. The van der Waals surface area contributed by atoms with Gasteiger partial charge in [-0.1, -0.05) is 39.7 Å². The molecule has 1 aromatic heterocycles. The van der Waals surface area contributed by atoms with E-state index in [1.165, 1.54) is 0 Å². The molecule has 4 nitrogen and oxygen atoms in total. The van der Waals surface area contributed by atoms with Crippen LogP contribution in [-0.4, -0.2) is 16.2 Å². The van der Waals surface area contributed by atoms with E-state index < -0.39 is 0 Å². The highest BCUT2D eigenvalue weighted by Crippen LogP contribution is 2.11. The zero-order chi connectivity index (χ0) is 13.0. The van der Waals surface area contributed by atoms with E-state index >= 15 is 0 Å². The molecule has 2 aromatic rings. The van der Waals surface area contributed by atoms with Gasteiger partial charge in [-0.2, -0.15) is 5.10 Å². The number of benzene rings is 1. The minimum absolute atomic E-state index is 0.392. The summed E-state index contributed by atoms with van der Waals surface area (Å²) in [5.74, 6) is 1.17. The summed E-state index contributed by atoms with van der Waals surface area (Å²) in [6.07, 6.45) is 1.71. The lowest BCUT2D eigenvalue weighted by molar-refractivity contribution is 1.04. The lowest BCUT2D eigenvalue weighted by atomic mass is 10.2. The molecule has 0 saturated heterocycles. The van der Waals surface area contributed by atoms with Crippen molar-refractivity contribution in [1.29, 1.82) is 0 Å². The van der Waals surface area contributed by atoms with Crippen LogP contribution in [0.1, 0.15) is 11.4 Å². The number of anilines is 1. The second kappa shape index (κ2) is 5.93. The molecule has 0 amide bonds. The number of hydrogen-bond acceptors (Lipinski definition) is 4. The van der Waals surface area contributed by atoms with Crippen LogP contribution in [0.25, 0.3) is 0 Å². The molecule has 0 aliphatic heterocycles. The minimum atomic E-state index is 0.392. The molecule has 1 heterocycles. The maximum atomic E-state index is 5.82. The first-order chi connectivity index (χ1) is 8.63. The average molecular weight is 326 g/mol. The summed E-state index contributed by atoms with van der Waals surface area (Å²) in [5.41, 5.74) is 3.80. The van der Waals surface area contributed by atoms with Crippen molar-refractivity contribution in [1.82, 2.24) is 9.97 Å². The number of aryl methyl sites for hydroxylation is 1. The van der Waals surface area contributed by atoms with E-state index in [9.17, 15) is 0 Å². The van der Waals surface area contributed by atoms with Crippen LogP contribution in [0.2, 0.25) is 5.15 Å². The Kier molecular flexibility index (Phi) is 4.28.